The van der Waals surface area contributed by atoms with Crippen LogP contribution in [0.3, 0.4) is 0 Å². The SMILES string of the molecule is Cc1ccc([N+](=O)[O-])cc1C(CN)CO. The Morgan fingerprint density at radius 1 is 1.60 bits per heavy atom. The molecule has 3 N–H and O–H groups in total. The van der Waals surface area contributed by atoms with Crippen LogP contribution >= 0.6 is 0 Å². The Morgan fingerprint density at radius 2 is 2.27 bits per heavy atom. The summed E-state index contributed by atoms with van der Waals surface area (Å²) in [6, 6.07) is 4.60. The highest BCUT2D eigenvalue weighted by Gasteiger charge is 2.15. The van der Waals surface area contributed by atoms with E-state index in [0.717, 1.165) is 11.1 Å². The van der Waals surface area contributed by atoms with E-state index >= 15 is 0 Å². The molecule has 5 nitrogen and oxygen atoms in total. The zero-order chi connectivity index (χ0) is 11.4. The number of aliphatic hydroxyl groups excluding tert-OH is 1. The lowest BCUT2D eigenvalue weighted by atomic mass is 9.95. The Morgan fingerprint density at radius 3 is 2.73 bits per heavy atom. The van der Waals surface area contributed by atoms with Crippen LogP contribution in [0.2, 0.25) is 0 Å². The summed E-state index contributed by atoms with van der Waals surface area (Å²) < 4.78 is 0. The van der Waals surface area contributed by atoms with Crippen LogP contribution in [0.1, 0.15) is 17.0 Å². The second kappa shape index (κ2) is 4.86. The molecule has 1 aromatic carbocycles. The van der Waals surface area contributed by atoms with Gasteiger partial charge in [0, 0.05) is 24.6 Å². The maximum Gasteiger partial charge on any atom is 0.269 e. The molecule has 82 valence electrons. The highest BCUT2D eigenvalue weighted by molar-refractivity contribution is 5.41. The van der Waals surface area contributed by atoms with E-state index in [4.69, 9.17) is 10.8 Å². The number of nitrogens with zero attached hydrogens (tertiary/aromatic N) is 1. The molecule has 0 amide bonds. The monoisotopic (exact) mass is 210 g/mol. The maximum atomic E-state index is 10.6. The zero-order valence-electron chi connectivity index (χ0n) is 8.51. The van der Waals surface area contributed by atoms with Crippen molar-refractivity contribution in [3.05, 3.63) is 39.4 Å². The normalized spacial score (nSPS) is 12.5. The molecule has 0 aliphatic carbocycles. The summed E-state index contributed by atoms with van der Waals surface area (Å²) in [4.78, 5) is 10.1. The van der Waals surface area contributed by atoms with E-state index in [1.165, 1.54) is 12.1 Å². The molecular formula is C10H14N2O3. The minimum atomic E-state index is -0.451. The standard InChI is InChI=1S/C10H14N2O3/c1-7-2-3-9(12(14)15)4-10(7)8(5-11)6-13/h2-4,8,13H,5-6,11H2,1H3. The number of hydrogen-bond donors (Lipinski definition) is 2. The van der Waals surface area contributed by atoms with Crippen LogP contribution in [0.5, 0.6) is 0 Å². The summed E-state index contributed by atoms with van der Waals surface area (Å²) in [7, 11) is 0. The van der Waals surface area contributed by atoms with Crippen LogP contribution in [0.25, 0.3) is 0 Å². The predicted octanol–water partition coefficient (Wildman–Crippen LogP) is 0.938. The number of rotatable bonds is 4. The third-order valence-corrected chi connectivity index (χ3v) is 2.42. The van der Waals surface area contributed by atoms with Crippen molar-refractivity contribution in [2.24, 2.45) is 5.73 Å². The first kappa shape index (κ1) is 11.6. The van der Waals surface area contributed by atoms with Crippen molar-refractivity contribution in [2.45, 2.75) is 12.8 Å². The fraction of sp³-hybridized carbons (Fsp3) is 0.400. The molecule has 0 spiro atoms. The zero-order valence-corrected chi connectivity index (χ0v) is 8.51. The Hall–Kier alpha value is -1.46. The van der Waals surface area contributed by atoms with Crippen molar-refractivity contribution in [2.75, 3.05) is 13.2 Å². The largest absolute Gasteiger partial charge is 0.396 e. The first-order valence-electron chi connectivity index (χ1n) is 4.66. The smallest absolute Gasteiger partial charge is 0.269 e. The summed E-state index contributed by atoms with van der Waals surface area (Å²) in [6.07, 6.45) is 0. The van der Waals surface area contributed by atoms with Gasteiger partial charge in [-0.15, -0.1) is 0 Å². The molecule has 1 unspecified atom stereocenters. The summed E-state index contributed by atoms with van der Waals surface area (Å²) in [6.45, 7) is 2.02. The molecular weight excluding hydrogens is 196 g/mol. The lowest BCUT2D eigenvalue weighted by Crippen LogP contribution is -2.17. The molecule has 0 aliphatic rings. The van der Waals surface area contributed by atoms with Crippen LogP contribution in [0, 0.1) is 17.0 Å². The molecule has 0 aromatic heterocycles. The number of nitro benzene ring substituents is 1. The van der Waals surface area contributed by atoms with Gasteiger partial charge >= 0.3 is 0 Å². The lowest BCUT2D eigenvalue weighted by molar-refractivity contribution is -0.384. The van der Waals surface area contributed by atoms with Crippen molar-refractivity contribution in [3.63, 3.8) is 0 Å². The van der Waals surface area contributed by atoms with Gasteiger partial charge in [-0.2, -0.15) is 0 Å². The van der Waals surface area contributed by atoms with Crippen LogP contribution in [-0.2, 0) is 0 Å². The van der Waals surface area contributed by atoms with E-state index < -0.39 is 4.92 Å². The molecule has 0 aliphatic heterocycles. The van der Waals surface area contributed by atoms with Crippen LogP contribution in [0.15, 0.2) is 18.2 Å². The lowest BCUT2D eigenvalue weighted by Gasteiger charge is -2.14. The summed E-state index contributed by atoms with van der Waals surface area (Å²) >= 11 is 0. The third kappa shape index (κ3) is 2.51. The van der Waals surface area contributed by atoms with Crippen molar-refractivity contribution < 1.29 is 10.0 Å². The fourth-order valence-electron chi connectivity index (χ4n) is 1.48. The van der Waals surface area contributed by atoms with E-state index in [0.29, 0.717) is 0 Å². The van der Waals surface area contributed by atoms with Crippen LogP contribution < -0.4 is 5.73 Å². The molecule has 0 radical (unpaired) electrons. The Kier molecular flexibility index (Phi) is 3.76. The van der Waals surface area contributed by atoms with Gasteiger partial charge in [0.2, 0.25) is 0 Å². The molecule has 0 bridgehead atoms. The van der Waals surface area contributed by atoms with Crippen molar-refractivity contribution in [1.29, 1.82) is 0 Å². The Bertz CT molecular complexity index is 362. The van der Waals surface area contributed by atoms with Gasteiger partial charge < -0.3 is 10.8 Å². The quantitative estimate of drug-likeness (QED) is 0.571. The van der Waals surface area contributed by atoms with Crippen molar-refractivity contribution >= 4 is 5.69 Å². The Labute approximate surface area is 87.7 Å². The van der Waals surface area contributed by atoms with Gasteiger partial charge in [-0.05, 0) is 18.1 Å². The van der Waals surface area contributed by atoms with Gasteiger partial charge in [0.25, 0.3) is 5.69 Å². The minimum absolute atomic E-state index is 0.0301. The molecule has 15 heavy (non-hydrogen) atoms. The van der Waals surface area contributed by atoms with Gasteiger partial charge in [0.15, 0.2) is 0 Å². The molecule has 0 heterocycles. The number of non-ortho nitro benzene ring substituents is 1. The predicted molar refractivity (Wildman–Crippen MR) is 56.7 cm³/mol. The van der Waals surface area contributed by atoms with E-state index in [2.05, 4.69) is 0 Å². The maximum absolute atomic E-state index is 10.6. The summed E-state index contributed by atoms with van der Waals surface area (Å²) in [5.41, 5.74) is 7.16. The second-order valence-corrected chi connectivity index (χ2v) is 3.41. The molecule has 5 heteroatoms. The fourth-order valence-corrected chi connectivity index (χ4v) is 1.48. The summed E-state index contributed by atoms with van der Waals surface area (Å²) in [5.74, 6) is -0.232. The molecule has 1 atom stereocenters. The molecule has 0 fully saturated rings. The second-order valence-electron chi connectivity index (χ2n) is 3.41. The van der Waals surface area contributed by atoms with Crippen molar-refractivity contribution in [1.82, 2.24) is 0 Å². The van der Waals surface area contributed by atoms with Crippen LogP contribution in [0.4, 0.5) is 5.69 Å². The molecule has 0 saturated carbocycles. The van der Waals surface area contributed by atoms with Gasteiger partial charge in [0.05, 0.1) is 11.5 Å². The van der Waals surface area contributed by atoms with Crippen LogP contribution in [-0.4, -0.2) is 23.2 Å². The highest BCUT2D eigenvalue weighted by atomic mass is 16.6. The molecule has 1 rings (SSSR count). The number of hydrogen-bond acceptors (Lipinski definition) is 4. The van der Waals surface area contributed by atoms with E-state index in [1.54, 1.807) is 6.07 Å². The molecule has 0 saturated heterocycles. The number of nitro groups is 1. The number of benzene rings is 1. The van der Waals surface area contributed by atoms with Gasteiger partial charge in [-0.1, -0.05) is 6.07 Å². The van der Waals surface area contributed by atoms with Crippen molar-refractivity contribution in [3.8, 4) is 0 Å². The summed E-state index contributed by atoms with van der Waals surface area (Å²) in [5, 5.41) is 19.7. The van der Waals surface area contributed by atoms with Gasteiger partial charge in [0.1, 0.15) is 0 Å². The van der Waals surface area contributed by atoms with E-state index in [1.807, 2.05) is 6.92 Å². The van der Waals surface area contributed by atoms with Gasteiger partial charge in [-0.3, -0.25) is 10.1 Å². The number of aliphatic hydroxyl groups is 1. The number of aryl methyl sites for hydroxylation is 1. The minimum Gasteiger partial charge on any atom is -0.396 e. The highest BCUT2D eigenvalue weighted by Crippen LogP contribution is 2.23. The van der Waals surface area contributed by atoms with E-state index in [-0.39, 0.29) is 24.8 Å². The van der Waals surface area contributed by atoms with Gasteiger partial charge in [-0.25, -0.2) is 0 Å². The first-order chi connectivity index (χ1) is 7.10. The Balaban J connectivity index is 3.15. The van der Waals surface area contributed by atoms with E-state index in [9.17, 15) is 10.1 Å². The first-order valence-corrected chi connectivity index (χ1v) is 4.66. The topological polar surface area (TPSA) is 89.4 Å². The number of nitrogens with two attached hydrogens (primary N) is 1. The molecule has 1 aromatic rings. The third-order valence-electron chi connectivity index (χ3n) is 2.42. The average molecular weight is 210 g/mol. The average Bonchev–Trinajstić information content (AvgIpc) is 2.22.